The molecule has 0 radical (unpaired) electrons. The van der Waals surface area contributed by atoms with Gasteiger partial charge in [0.05, 0.1) is 77.9 Å². The highest BCUT2D eigenvalue weighted by Gasteiger charge is 2.49. The van der Waals surface area contributed by atoms with E-state index in [1.54, 1.807) is 0 Å². The SMILES string of the molecule is CCCCCCCCCCCCOC(=O)CCc1cc(C(C)(C)C)c(OC(c2c(C(C)(C)C)cc(CCC(=O)OCCCCCCCCCCCC)cc2C(C)(C)C)C(CO)(CO)CO)c(C(C)(C)C)c1.COC(=O)CCc1cc(C(C)(C)C)c(OC(c2c(C(C)(C)C)cc(CCC(=O)OC)cc2C(C)(C)C)C(CO)(CO)CO)c(C(C)(C)C)c1.OP(O)O.OP(O)O. The van der Waals surface area contributed by atoms with E-state index < -0.39 is 123 Å². The number of aliphatic hydroxyl groups excluding tert-OH is 6. The van der Waals surface area contributed by atoms with E-state index in [0.29, 0.717) is 50.4 Å². The predicted octanol–water partition coefficient (Wildman–Crippen LogP) is 21.3. The van der Waals surface area contributed by atoms with Crippen molar-refractivity contribution in [2.75, 3.05) is 67.1 Å². The second-order valence-electron chi connectivity index (χ2n) is 43.4. The van der Waals surface area contributed by atoms with Gasteiger partial charge in [-0.15, -0.1) is 0 Å². The van der Waals surface area contributed by atoms with Gasteiger partial charge in [0.1, 0.15) is 23.7 Å². The third kappa shape index (κ3) is 42.1. The van der Waals surface area contributed by atoms with Gasteiger partial charge in [-0.05, 0) is 126 Å². The zero-order chi connectivity index (χ0) is 98.2. The largest absolute Gasteiger partial charge is 0.484 e. The Labute approximate surface area is 775 Å². The molecule has 0 fully saturated rings. The first-order chi connectivity index (χ1) is 59.2. The second kappa shape index (κ2) is 56.8. The fourth-order valence-corrected chi connectivity index (χ4v) is 15.8. The van der Waals surface area contributed by atoms with E-state index in [1.165, 1.54) is 117 Å². The number of carbonyl (C=O) groups is 4. The van der Waals surface area contributed by atoms with Gasteiger partial charge in [0.25, 0.3) is 0 Å². The molecule has 12 N–H and O–H groups in total. The molecule has 2 unspecified atom stereocenters. The Morgan fingerprint density at radius 1 is 0.281 bits per heavy atom. The Balaban J connectivity index is 0.00000124. The number of benzene rings is 4. The molecule has 0 amide bonds. The number of aliphatic hydroxyl groups is 6. The number of rotatable bonds is 48. The van der Waals surface area contributed by atoms with Crippen LogP contribution in [0.5, 0.6) is 11.5 Å². The molecule has 128 heavy (non-hydrogen) atoms. The Morgan fingerprint density at radius 2 is 0.453 bits per heavy atom. The first-order valence-electron chi connectivity index (χ1n) is 47.1. The molecule has 22 nitrogen and oxygen atoms in total. The molecule has 24 heteroatoms. The van der Waals surface area contributed by atoms with Gasteiger partial charge in [0, 0.05) is 59.1 Å². The van der Waals surface area contributed by atoms with Crippen molar-refractivity contribution < 1.29 is 108 Å². The summed E-state index contributed by atoms with van der Waals surface area (Å²) in [6.45, 7) is 53.3. The Kier molecular flexibility index (Phi) is 53.6. The van der Waals surface area contributed by atoms with Gasteiger partial charge in [0.15, 0.2) is 0 Å². The number of unbranched alkanes of at least 4 members (excludes halogenated alkanes) is 18. The van der Waals surface area contributed by atoms with Crippen molar-refractivity contribution in [3.05, 3.63) is 126 Å². The molecule has 0 saturated carbocycles. The average Bonchev–Trinajstić information content (AvgIpc) is 0.738. The van der Waals surface area contributed by atoms with Gasteiger partial charge in [-0.25, -0.2) is 0 Å². The van der Waals surface area contributed by atoms with E-state index in [4.69, 9.17) is 57.8 Å². The quantitative estimate of drug-likeness (QED) is 0.00846. The summed E-state index contributed by atoms with van der Waals surface area (Å²) in [5.41, 5.74) is 6.73. The summed E-state index contributed by atoms with van der Waals surface area (Å²) in [6.07, 6.45) is 25.5. The average molecular weight is 1840 g/mol. The molecule has 4 aromatic carbocycles. The van der Waals surface area contributed by atoms with Crippen LogP contribution in [-0.2, 0) is 107 Å². The highest BCUT2D eigenvalue weighted by Crippen LogP contribution is 2.53. The summed E-state index contributed by atoms with van der Waals surface area (Å²) in [5, 5.41) is 67.2. The minimum absolute atomic E-state index is 0.191. The van der Waals surface area contributed by atoms with Crippen LogP contribution in [0.2, 0.25) is 0 Å². The Bertz CT molecular complexity index is 3710. The number of esters is 4. The van der Waals surface area contributed by atoms with E-state index >= 15 is 0 Å². The van der Waals surface area contributed by atoms with Crippen molar-refractivity contribution in [2.24, 2.45) is 10.8 Å². The minimum atomic E-state index is -2.62. The highest BCUT2D eigenvalue weighted by atomic mass is 31.2. The summed E-state index contributed by atoms with van der Waals surface area (Å²) in [5.74, 6) is 0.308. The zero-order valence-electron chi connectivity index (χ0n) is 84.6. The molecule has 2 atom stereocenters. The lowest BCUT2D eigenvalue weighted by molar-refractivity contribution is -0.144. The van der Waals surface area contributed by atoms with Crippen LogP contribution >= 0.6 is 17.2 Å². The van der Waals surface area contributed by atoms with E-state index in [-0.39, 0.29) is 49.6 Å². The lowest BCUT2D eigenvalue weighted by Gasteiger charge is -2.43. The maximum Gasteiger partial charge on any atom is 0.324 e. The molecule has 0 aliphatic heterocycles. The van der Waals surface area contributed by atoms with E-state index in [2.05, 4.69) is 229 Å². The predicted molar refractivity (Wildman–Crippen MR) is 520 cm³/mol. The van der Waals surface area contributed by atoms with Crippen molar-refractivity contribution in [3.63, 3.8) is 0 Å². The van der Waals surface area contributed by atoms with Gasteiger partial charge in [-0.2, -0.15) is 0 Å². The zero-order valence-corrected chi connectivity index (χ0v) is 86.4. The number of carbonyl (C=O) groups excluding carboxylic acids is 4. The normalized spacial score (nSPS) is 13.1. The number of ether oxygens (including phenoxy) is 6. The maximum absolute atomic E-state index is 13.2. The number of aryl methyl sites for hydroxylation is 4. The molecule has 0 spiro atoms. The first kappa shape index (κ1) is 121. The fourth-order valence-electron chi connectivity index (χ4n) is 15.8. The lowest BCUT2D eigenvalue weighted by Crippen LogP contribution is -2.45. The summed E-state index contributed by atoms with van der Waals surface area (Å²) in [4.78, 5) is 94.0. The van der Waals surface area contributed by atoms with Crippen LogP contribution in [0.1, 0.15) is 424 Å². The molecular formula is C104H178O22P2. The van der Waals surface area contributed by atoms with Crippen LogP contribution in [0.3, 0.4) is 0 Å². The Morgan fingerprint density at radius 3 is 0.625 bits per heavy atom. The van der Waals surface area contributed by atoms with Crippen molar-refractivity contribution in [1.82, 2.24) is 0 Å². The summed E-state index contributed by atoms with van der Waals surface area (Å²) >= 11 is 0. The molecule has 0 saturated heterocycles. The van der Waals surface area contributed by atoms with Crippen LogP contribution in [0.4, 0.5) is 0 Å². The molecule has 4 aromatic rings. The third-order valence-electron chi connectivity index (χ3n) is 23.7. The second-order valence-corrected chi connectivity index (χ2v) is 44.5. The van der Waals surface area contributed by atoms with Crippen molar-refractivity contribution in [2.45, 2.75) is 415 Å². The molecule has 0 aromatic heterocycles. The number of hydrogen-bond donors (Lipinski definition) is 12. The van der Waals surface area contributed by atoms with Crippen LogP contribution in [0, 0.1) is 10.8 Å². The van der Waals surface area contributed by atoms with Crippen molar-refractivity contribution in [1.29, 1.82) is 0 Å². The van der Waals surface area contributed by atoms with Gasteiger partial charge < -0.3 is 88.4 Å². The van der Waals surface area contributed by atoms with Crippen LogP contribution in [0.25, 0.3) is 0 Å². The molecule has 0 aliphatic rings. The summed E-state index contributed by atoms with van der Waals surface area (Å²) < 4.78 is 36.2. The summed E-state index contributed by atoms with van der Waals surface area (Å²) in [6, 6.07) is 16.9. The molecular weight excluding hydrogens is 1660 g/mol. The monoisotopic (exact) mass is 1840 g/mol. The maximum atomic E-state index is 13.2. The van der Waals surface area contributed by atoms with Gasteiger partial charge >= 0.3 is 41.1 Å². The van der Waals surface area contributed by atoms with E-state index in [1.807, 2.05) is 0 Å². The van der Waals surface area contributed by atoms with Gasteiger partial charge in [-0.1, -0.05) is 344 Å². The molecule has 0 heterocycles. The standard InChI is InChI=1S/C63H108O8.C41H64O8.2H3O3P/c1-15-17-19-21-23-25-27-29-31-33-39-69-54(67)37-35-48-41-50(59(3,4)5)56(51(42-48)60(6,7)8)58(63(45-64,46-65)47-66)71-57-52(61(9,10)11)43-49(44-53(57)62(12,13)14)36-38-55(68)70-40-34-32-30-28-26-24-22-20-18-16-2;1-37(2,3)28-19-26(15-17-32(45)47-13)20-29(38(4,5)6)34(28)36(41(23-42,24-43)25-44)49-35-30(39(7,8)9)21-27(16-18-33(46)48-14)22-31(35)40(10,11)12;2*1-4(2)3/h41-44,58,64-66H,15-40,45-47H2,1-14H3;19-22,36,42-44H,15-18,23-25H2,1-14H3;2*1-3H. The molecule has 0 bridgehead atoms. The van der Waals surface area contributed by atoms with Crippen molar-refractivity contribution >= 4 is 41.1 Å². The lowest BCUT2D eigenvalue weighted by atomic mass is 9.68. The van der Waals surface area contributed by atoms with Gasteiger partial charge in [-0.3, -0.25) is 19.2 Å². The third-order valence-corrected chi connectivity index (χ3v) is 23.7. The van der Waals surface area contributed by atoms with Crippen LogP contribution < -0.4 is 9.47 Å². The first-order valence-corrected chi connectivity index (χ1v) is 49.5. The fraction of sp³-hybridized carbons (Fsp3) is 0.731. The Hall–Kier alpha value is -5.26. The topological polar surface area (TPSA) is 366 Å². The van der Waals surface area contributed by atoms with Crippen LogP contribution in [-0.4, -0.2) is 151 Å². The van der Waals surface area contributed by atoms with E-state index in [9.17, 15) is 49.8 Å². The summed E-state index contributed by atoms with van der Waals surface area (Å²) in [7, 11) is -2.47. The minimum Gasteiger partial charge on any atom is -0.484 e. The van der Waals surface area contributed by atoms with Gasteiger partial charge in [0.2, 0.25) is 0 Å². The smallest absolute Gasteiger partial charge is 0.324 e. The highest BCUT2D eigenvalue weighted by molar-refractivity contribution is 7.38. The van der Waals surface area contributed by atoms with E-state index in [0.717, 1.165) is 104 Å². The number of methoxy groups -OCH3 is 2. The van der Waals surface area contributed by atoms with Crippen LogP contribution in [0.15, 0.2) is 48.5 Å². The van der Waals surface area contributed by atoms with Crippen molar-refractivity contribution in [3.8, 4) is 11.5 Å². The molecule has 0 aliphatic carbocycles. The number of hydrogen-bond acceptors (Lipinski definition) is 22. The molecule has 736 valence electrons. The molecule has 4 rings (SSSR count).